The first-order valence-electron chi connectivity index (χ1n) is 40.2. The molecule has 0 saturated carbocycles. The second-order valence-electron chi connectivity index (χ2n) is 29.9. The highest BCUT2D eigenvalue weighted by atomic mass is 16.3. The van der Waals surface area contributed by atoms with Gasteiger partial charge >= 0.3 is 0 Å². The van der Waals surface area contributed by atoms with Crippen LogP contribution >= 0.6 is 0 Å². The van der Waals surface area contributed by atoms with Crippen molar-refractivity contribution in [2.75, 3.05) is 0 Å². The molecule has 0 amide bonds. The van der Waals surface area contributed by atoms with E-state index in [1.165, 1.54) is 0 Å². The number of para-hydroxylation sites is 2. The number of rotatable bonds is 13. The third-order valence-corrected chi connectivity index (χ3v) is 22.7. The lowest BCUT2D eigenvalue weighted by molar-refractivity contribution is 0.672. The van der Waals surface area contributed by atoms with Crippen molar-refractivity contribution in [2.45, 2.75) is 0 Å². The van der Waals surface area contributed by atoms with Gasteiger partial charge in [0.05, 0.1) is 22.4 Å². The van der Waals surface area contributed by atoms with Crippen LogP contribution in [0.5, 0.6) is 0 Å². The van der Waals surface area contributed by atoms with Gasteiger partial charge in [-0.05, 0) is 92.0 Å². The van der Waals surface area contributed by atoms with Crippen molar-refractivity contribution >= 4 is 87.2 Å². The zero-order chi connectivity index (χ0) is 79.4. The van der Waals surface area contributed by atoms with Gasteiger partial charge < -0.3 is 8.83 Å². The molecule has 0 N–H and O–H groups in total. The lowest BCUT2D eigenvalue weighted by Crippen LogP contribution is -2.00. The van der Waals surface area contributed by atoms with Gasteiger partial charge in [0.1, 0.15) is 22.3 Å². The standard InChI is InChI=1S/C58H36N4O.C52H32N4O/c1-4-13-42(14-5-1)54-48-35-36-49-52-46(20-12-22-51(52)63-55(49)53(48)47-19-10-11-21-50(47)59-54)41-31-27-39(28-32-41)37-23-25-38(26-24-37)40-29-33-45(34-30-40)58-61-56(43-15-6-2-7-16-43)60-57(62-58)44-17-8-3-9-18-44;1-4-13-36(14-5-1)48-42-31-32-43-46-40(20-12-22-45(46)57-49(43)47(42)41-19-10-11-21-44(41)53-48)35-27-23-33(24-28-35)34-25-29-39(30-26-34)52-55-50(37-15-6-2-7-16-37)54-51(56-52)38-17-8-3-9-18-38/h1-36H;1-32H. The first kappa shape index (κ1) is 70.3. The highest BCUT2D eigenvalue weighted by molar-refractivity contribution is 6.28. The molecule has 10 heteroatoms. The lowest BCUT2D eigenvalue weighted by Gasteiger charge is -2.11. The largest absolute Gasteiger partial charge is 0.455 e. The zero-order valence-corrected chi connectivity index (χ0v) is 64.7. The second-order valence-corrected chi connectivity index (χ2v) is 29.9. The summed E-state index contributed by atoms with van der Waals surface area (Å²) in [6, 6.07) is 143. The molecule has 0 aliphatic carbocycles. The van der Waals surface area contributed by atoms with E-state index < -0.39 is 0 Å². The minimum atomic E-state index is 0.637. The Bertz CT molecular complexity index is 7690. The van der Waals surface area contributed by atoms with Gasteiger partial charge in [0.25, 0.3) is 0 Å². The third kappa shape index (κ3) is 13.0. The summed E-state index contributed by atoms with van der Waals surface area (Å²) in [6.07, 6.45) is 0. The number of hydrogen-bond donors (Lipinski definition) is 0. The summed E-state index contributed by atoms with van der Waals surface area (Å²) in [7, 11) is 0. The number of nitrogens with zero attached hydrogens (tertiary/aromatic N) is 8. The predicted octanol–water partition coefficient (Wildman–Crippen LogP) is 28.6. The SMILES string of the molecule is c1ccc(-c2nc(-c3ccccc3)nc(-c3ccc(-c4ccc(-c5ccc(-c6cccc7oc8c(ccc9c(-c%10ccccc%10)nc%10ccccc%10c98)c67)cc5)cc4)cc3)n2)cc1.c1ccc(-c2nc(-c3ccccc3)nc(-c3ccc(-c4ccc(-c5cccc6oc7c(ccc8c(-c9ccccc9)nc9ccccc9c87)c56)cc4)cc3)n2)cc1. The molecular formula is C110H68N8O2. The van der Waals surface area contributed by atoms with Gasteiger partial charge in [-0.15, -0.1) is 0 Å². The van der Waals surface area contributed by atoms with Gasteiger partial charge in [-0.3, -0.25) is 0 Å². The molecule has 0 radical (unpaired) electrons. The van der Waals surface area contributed by atoms with E-state index in [0.717, 1.165) is 199 Å². The minimum absolute atomic E-state index is 0.637. The van der Waals surface area contributed by atoms with Crippen LogP contribution in [0.25, 0.3) is 234 Å². The van der Waals surface area contributed by atoms with Gasteiger partial charge in [-0.1, -0.05) is 376 Å². The van der Waals surface area contributed by atoms with E-state index in [4.69, 9.17) is 48.7 Å². The van der Waals surface area contributed by atoms with Crippen molar-refractivity contribution in [3.63, 3.8) is 0 Å². The molecule has 23 aromatic rings. The molecule has 0 aliphatic rings. The third-order valence-electron chi connectivity index (χ3n) is 22.7. The van der Waals surface area contributed by atoms with Crippen LogP contribution in [0.15, 0.2) is 421 Å². The number of benzene rings is 17. The molecule has 0 spiro atoms. The molecule has 560 valence electrons. The summed E-state index contributed by atoms with van der Waals surface area (Å²) >= 11 is 0. The van der Waals surface area contributed by atoms with Gasteiger partial charge in [0, 0.05) is 98.4 Å². The Morgan fingerprint density at radius 1 is 0.142 bits per heavy atom. The number of furan rings is 2. The fourth-order valence-corrected chi connectivity index (χ4v) is 16.8. The smallest absolute Gasteiger partial charge is 0.164 e. The van der Waals surface area contributed by atoms with Crippen LogP contribution in [0.4, 0.5) is 0 Å². The molecule has 6 heterocycles. The fourth-order valence-electron chi connectivity index (χ4n) is 16.8. The molecule has 23 rings (SSSR count). The van der Waals surface area contributed by atoms with Crippen LogP contribution in [-0.2, 0) is 0 Å². The number of hydrogen-bond acceptors (Lipinski definition) is 10. The Balaban J connectivity index is 0.000000145. The zero-order valence-electron chi connectivity index (χ0n) is 64.7. The number of fused-ring (bicyclic) bond motifs is 14. The fraction of sp³-hybridized carbons (Fsp3) is 0. The van der Waals surface area contributed by atoms with Crippen molar-refractivity contribution < 1.29 is 8.83 Å². The molecular weight excluding hydrogens is 1470 g/mol. The molecule has 0 aliphatic heterocycles. The Hall–Kier alpha value is -16.3. The van der Waals surface area contributed by atoms with Crippen LogP contribution in [0.1, 0.15) is 0 Å². The van der Waals surface area contributed by atoms with Crippen molar-refractivity contribution in [1.82, 2.24) is 39.9 Å². The average Bonchev–Trinajstić information content (AvgIpc) is 1.53. The Morgan fingerprint density at radius 2 is 0.375 bits per heavy atom. The summed E-state index contributed by atoms with van der Waals surface area (Å²) < 4.78 is 13.6. The molecule has 0 fully saturated rings. The van der Waals surface area contributed by atoms with E-state index in [-0.39, 0.29) is 0 Å². The average molecular weight is 1530 g/mol. The quantitative estimate of drug-likeness (QED) is 0.103. The Labute approximate surface area is 690 Å². The van der Waals surface area contributed by atoms with Crippen molar-refractivity contribution in [3.8, 4) is 146 Å². The summed E-state index contributed by atoms with van der Waals surface area (Å²) in [6.45, 7) is 0. The summed E-state index contributed by atoms with van der Waals surface area (Å²) in [5.74, 6) is 3.88. The molecule has 120 heavy (non-hydrogen) atoms. The molecule has 6 aromatic heterocycles. The first-order chi connectivity index (χ1) is 59.5. The van der Waals surface area contributed by atoms with Gasteiger partial charge in [0.15, 0.2) is 34.9 Å². The highest BCUT2D eigenvalue weighted by Gasteiger charge is 2.24. The highest BCUT2D eigenvalue weighted by Crippen LogP contribution is 2.47. The van der Waals surface area contributed by atoms with E-state index in [1.54, 1.807) is 0 Å². The summed E-state index contributed by atoms with van der Waals surface area (Å²) in [4.78, 5) is 39.6. The maximum Gasteiger partial charge on any atom is 0.164 e. The van der Waals surface area contributed by atoms with Crippen LogP contribution in [0.2, 0.25) is 0 Å². The molecule has 10 nitrogen and oxygen atoms in total. The minimum Gasteiger partial charge on any atom is -0.455 e. The normalized spacial score (nSPS) is 11.5. The van der Waals surface area contributed by atoms with Crippen molar-refractivity contribution in [2.24, 2.45) is 0 Å². The van der Waals surface area contributed by atoms with Crippen molar-refractivity contribution in [1.29, 1.82) is 0 Å². The molecule has 17 aromatic carbocycles. The Morgan fingerprint density at radius 3 is 0.667 bits per heavy atom. The monoisotopic (exact) mass is 1530 g/mol. The van der Waals surface area contributed by atoms with Crippen LogP contribution in [0.3, 0.4) is 0 Å². The summed E-state index contributed by atoms with van der Waals surface area (Å²) in [5, 5.41) is 10.9. The number of pyridine rings is 2. The topological polar surface area (TPSA) is 129 Å². The maximum atomic E-state index is 6.80. The van der Waals surface area contributed by atoms with Crippen LogP contribution in [-0.4, -0.2) is 39.9 Å². The van der Waals surface area contributed by atoms with E-state index in [0.29, 0.717) is 34.9 Å². The van der Waals surface area contributed by atoms with Gasteiger partial charge in [0.2, 0.25) is 0 Å². The Kier molecular flexibility index (Phi) is 17.7. The van der Waals surface area contributed by atoms with Crippen LogP contribution in [0, 0.1) is 0 Å². The molecule has 0 atom stereocenters. The summed E-state index contributed by atoms with van der Waals surface area (Å²) in [5.41, 5.74) is 26.5. The molecule has 0 saturated heterocycles. The van der Waals surface area contributed by atoms with Crippen molar-refractivity contribution in [3.05, 3.63) is 413 Å². The predicted molar refractivity (Wildman–Crippen MR) is 490 cm³/mol. The lowest BCUT2D eigenvalue weighted by atomic mass is 9.94. The van der Waals surface area contributed by atoms with E-state index in [9.17, 15) is 0 Å². The number of aromatic nitrogens is 8. The van der Waals surface area contributed by atoms with Gasteiger partial charge in [-0.2, -0.15) is 0 Å². The maximum absolute atomic E-state index is 6.80. The van der Waals surface area contributed by atoms with Gasteiger partial charge in [-0.25, -0.2) is 39.9 Å². The molecule has 0 bridgehead atoms. The van der Waals surface area contributed by atoms with Crippen LogP contribution < -0.4 is 0 Å². The van der Waals surface area contributed by atoms with E-state index in [2.05, 4.69) is 267 Å². The van der Waals surface area contributed by atoms with E-state index >= 15 is 0 Å². The molecule has 0 unspecified atom stereocenters. The van der Waals surface area contributed by atoms with E-state index in [1.807, 2.05) is 146 Å². The second kappa shape index (κ2) is 30.1. The first-order valence-corrected chi connectivity index (χ1v) is 40.2.